The van der Waals surface area contributed by atoms with Crippen molar-refractivity contribution in [2.75, 3.05) is 13.1 Å². The fraction of sp³-hybridized carbons (Fsp3) is 0.524. The third kappa shape index (κ3) is 2.84. The second-order valence-electron chi connectivity index (χ2n) is 8.44. The van der Waals surface area contributed by atoms with Crippen LogP contribution in [0.25, 0.3) is 0 Å². The molecule has 1 unspecified atom stereocenters. The topological polar surface area (TPSA) is 86.4 Å². The molecular weight excluding hydrogens is 388 g/mol. The van der Waals surface area contributed by atoms with E-state index in [1.807, 2.05) is 18.2 Å². The number of amides is 1. The number of nitrogens with one attached hydrogen (secondary N) is 1. The second kappa shape index (κ2) is 6.95. The molecule has 1 aromatic carbocycles. The van der Waals surface area contributed by atoms with E-state index in [1.54, 1.807) is 0 Å². The van der Waals surface area contributed by atoms with Gasteiger partial charge in [0.15, 0.2) is 5.03 Å². The van der Waals surface area contributed by atoms with Gasteiger partial charge in [0.2, 0.25) is 5.91 Å². The average molecular weight is 415 g/mol. The maximum Gasteiger partial charge on any atom is 0.260 e. The SMILES string of the molecule is O=C1N(C2CCN(S(=O)(=O)c3cnc[nH]3)CC2)C(c2ccccc2)C12CCCC2. The number of carbonyl (C=O) groups excluding carboxylic acids is 1. The van der Waals surface area contributed by atoms with Gasteiger partial charge < -0.3 is 9.88 Å². The van der Waals surface area contributed by atoms with Crippen molar-refractivity contribution in [1.29, 1.82) is 0 Å². The van der Waals surface area contributed by atoms with Gasteiger partial charge in [-0.2, -0.15) is 4.31 Å². The van der Waals surface area contributed by atoms with Crippen LogP contribution < -0.4 is 0 Å². The zero-order chi connectivity index (χ0) is 20.1. The molecule has 0 radical (unpaired) electrons. The van der Waals surface area contributed by atoms with Gasteiger partial charge in [0, 0.05) is 19.1 Å². The third-order valence-corrected chi connectivity index (χ3v) is 8.80. The van der Waals surface area contributed by atoms with Crippen LogP contribution in [0.3, 0.4) is 0 Å². The summed E-state index contributed by atoms with van der Waals surface area (Å²) in [6.45, 7) is 0.842. The fourth-order valence-corrected chi connectivity index (χ4v) is 6.93. The summed E-state index contributed by atoms with van der Waals surface area (Å²) in [5, 5.41) is 0.128. The number of hydrogen-bond acceptors (Lipinski definition) is 4. The monoisotopic (exact) mass is 414 g/mol. The van der Waals surface area contributed by atoms with Crippen molar-refractivity contribution < 1.29 is 13.2 Å². The molecule has 1 spiro atoms. The summed E-state index contributed by atoms with van der Waals surface area (Å²) in [5.41, 5.74) is 0.974. The molecular formula is C21H26N4O3S. The Kier molecular flexibility index (Phi) is 4.51. The van der Waals surface area contributed by atoms with Crippen LogP contribution in [0.5, 0.6) is 0 Å². The van der Waals surface area contributed by atoms with Crippen molar-refractivity contribution >= 4 is 15.9 Å². The first-order valence-corrected chi connectivity index (χ1v) is 11.8. The summed E-state index contributed by atoms with van der Waals surface area (Å²) in [4.78, 5) is 21.9. The molecule has 3 heterocycles. The Morgan fingerprint density at radius 3 is 2.38 bits per heavy atom. The fourth-order valence-electron chi connectivity index (χ4n) is 5.56. The highest BCUT2D eigenvalue weighted by Gasteiger charge is 2.63. The first-order chi connectivity index (χ1) is 14.0. The minimum Gasteiger partial charge on any atom is -0.335 e. The van der Waals surface area contributed by atoms with Gasteiger partial charge in [-0.1, -0.05) is 43.2 Å². The first kappa shape index (κ1) is 18.8. The van der Waals surface area contributed by atoms with E-state index in [0.717, 1.165) is 25.7 Å². The molecule has 1 saturated carbocycles. The molecule has 7 nitrogen and oxygen atoms in total. The molecule has 1 aliphatic carbocycles. The zero-order valence-electron chi connectivity index (χ0n) is 16.3. The quantitative estimate of drug-likeness (QED) is 0.780. The second-order valence-corrected chi connectivity index (χ2v) is 10.3. The molecule has 0 bridgehead atoms. The summed E-state index contributed by atoms with van der Waals surface area (Å²) in [5.74, 6) is 0.277. The highest BCUT2D eigenvalue weighted by atomic mass is 32.2. The Balaban J connectivity index is 1.35. The van der Waals surface area contributed by atoms with Crippen LogP contribution in [0.1, 0.15) is 50.1 Å². The van der Waals surface area contributed by atoms with Crippen LogP contribution in [0.4, 0.5) is 0 Å². The molecule has 3 aliphatic rings. The number of likely N-dealkylation sites (tertiary alicyclic amines) is 1. The van der Waals surface area contributed by atoms with Gasteiger partial charge in [0.25, 0.3) is 10.0 Å². The Morgan fingerprint density at radius 2 is 1.76 bits per heavy atom. The predicted octanol–water partition coefficient (Wildman–Crippen LogP) is 2.71. The van der Waals surface area contributed by atoms with Crippen LogP contribution >= 0.6 is 0 Å². The number of piperidine rings is 1. The number of aromatic amines is 1. The van der Waals surface area contributed by atoms with Crippen molar-refractivity contribution in [3.05, 3.63) is 48.4 Å². The smallest absolute Gasteiger partial charge is 0.260 e. The summed E-state index contributed by atoms with van der Waals surface area (Å²) in [7, 11) is -3.55. The lowest BCUT2D eigenvalue weighted by molar-refractivity contribution is -0.180. The molecule has 2 aliphatic heterocycles. The molecule has 154 valence electrons. The first-order valence-electron chi connectivity index (χ1n) is 10.4. The van der Waals surface area contributed by atoms with E-state index in [-0.39, 0.29) is 28.4 Å². The van der Waals surface area contributed by atoms with Crippen molar-refractivity contribution in [2.24, 2.45) is 5.41 Å². The number of β-lactam (4-membered cyclic amide) rings is 1. The van der Waals surface area contributed by atoms with E-state index in [2.05, 4.69) is 27.0 Å². The molecule has 3 fully saturated rings. The predicted molar refractivity (Wildman–Crippen MR) is 107 cm³/mol. The van der Waals surface area contributed by atoms with Crippen LogP contribution in [0.15, 0.2) is 47.9 Å². The van der Waals surface area contributed by atoms with Gasteiger partial charge in [0.05, 0.1) is 24.0 Å². The van der Waals surface area contributed by atoms with Gasteiger partial charge in [-0.05, 0) is 31.2 Å². The highest BCUT2D eigenvalue weighted by molar-refractivity contribution is 7.89. The van der Waals surface area contributed by atoms with Crippen molar-refractivity contribution in [3.63, 3.8) is 0 Å². The maximum atomic E-state index is 13.3. The number of nitrogens with zero attached hydrogens (tertiary/aromatic N) is 3. The molecule has 1 atom stereocenters. The van der Waals surface area contributed by atoms with Gasteiger partial charge >= 0.3 is 0 Å². The Hall–Kier alpha value is -2.19. The van der Waals surface area contributed by atoms with Crippen LogP contribution in [-0.4, -0.2) is 52.6 Å². The Morgan fingerprint density at radius 1 is 1.07 bits per heavy atom. The lowest BCUT2D eigenvalue weighted by Crippen LogP contribution is -2.66. The summed E-state index contributed by atoms with van der Waals surface area (Å²) < 4.78 is 27.0. The molecule has 1 amide bonds. The molecule has 29 heavy (non-hydrogen) atoms. The lowest BCUT2D eigenvalue weighted by atomic mass is 9.65. The van der Waals surface area contributed by atoms with Crippen molar-refractivity contribution in [1.82, 2.24) is 19.2 Å². The maximum absolute atomic E-state index is 13.3. The number of hydrogen-bond donors (Lipinski definition) is 1. The van der Waals surface area contributed by atoms with E-state index in [1.165, 1.54) is 22.4 Å². The van der Waals surface area contributed by atoms with Gasteiger partial charge in [-0.15, -0.1) is 0 Å². The van der Waals surface area contributed by atoms with E-state index in [0.29, 0.717) is 25.9 Å². The van der Waals surface area contributed by atoms with E-state index >= 15 is 0 Å². The highest BCUT2D eigenvalue weighted by Crippen LogP contribution is 2.60. The molecule has 1 N–H and O–H groups in total. The minimum atomic E-state index is -3.55. The van der Waals surface area contributed by atoms with E-state index < -0.39 is 10.0 Å². The van der Waals surface area contributed by atoms with Gasteiger partial charge in [-0.25, -0.2) is 13.4 Å². The van der Waals surface area contributed by atoms with Crippen molar-refractivity contribution in [2.45, 2.75) is 55.6 Å². The van der Waals surface area contributed by atoms with Crippen molar-refractivity contribution in [3.8, 4) is 0 Å². The van der Waals surface area contributed by atoms with Gasteiger partial charge in [0.1, 0.15) is 0 Å². The Labute approximate surface area is 171 Å². The number of H-pyrrole nitrogens is 1. The van der Waals surface area contributed by atoms with Crippen LogP contribution in [0.2, 0.25) is 0 Å². The number of sulfonamides is 1. The number of benzene rings is 1. The summed E-state index contributed by atoms with van der Waals surface area (Å²) in [6, 6.07) is 10.6. The average Bonchev–Trinajstić information content (AvgIpc) is 3.46. The minimum absolute atomic E-state index is 0.0900. The normalized spacial score (nSPS) is 25.4. The van der Waals surface area contributed by atoms with E-state index in [4.69, 9.17) is 0 Å². The van der Waals surface area contributed by atoms with Gasteiger partial charge in [-0.3, -0.25) is 4.79 Å². The lowest BCUT2D eigenvalue weighted by Gasteiger charge is -2.59. The molecule has 5 rings (SSSR count). The molecule has 2 aromatic rings. The number of carbonyl (C=O) groups is 1. The largest absolute Gasteiger partial charge is 0.335 e. The summed E-state index contributed by atoms with van der Waals surface area (Å²) in [6.07, 6.45) is 8.22. The van der Waals surface area contributed by atoms with E-state index in [9.17, 15) is 13.2 Å². The van der Waals surface area contributed by atoms with Crippen LogP contribution in [-0.2, 0) is 14.8 Å². The standard InChI is InChI=1S/C21H26N4O3S/c26-20-21(10-4-5-11-21)19(16-6-2-1-3-7-16)25(20)17-8-12-24(13-9-17)29(27,28)18-14-22-15-23-18/h1-3,6-7,14-15,17,19H,4-5,8-13H2,(H,22,23). The molecule has 8 heteroatoms. The van der Waals surface area contributed by atoms with Crippen LogP contribution in [0, 0.1) is 5.41 Å². The number of imidazole rings is 1. The number of aromatic nitrogens is 2. The molecule has 1 aromatic heterocycles. The molecule has 2 saturated heterocycles. The Bertz CT molecular complexity index is 976. The third-order valence-electron chi connectivity index (χ3n) is 6.98. The zero-order valence-corrected chi connectivity index (χ0v) is 17.1. The summed E-state index contributed by atoms with van der Waals surface area (Å²) >= 11 is 0. The number of rotatable bonds is 4.